The molecule has 0 unspecified atom stereocenters. The lowest BCUT2D eigenvalue weighted by atomic mass is 10.1. The zero-order valence-electron chi connectivity index (χ0n) is 16.3. The largest absolute Gasteiger partial charge is 0.354 e. The Morgan fingerprint density at radius 1 is 1.00 bits per heavy atom. The quantitative estimate of drug-likeness (QED) is 0.610. The fraction of sp³-hybridized carbons (Fsp3) is 0.238. The average molecular weight is 447 g/mol. The Morgan fingerprint density at radius 2 is 1.70 bits per heavy atom. The molecule has 30 heavy (non-hydrogen) atoms. The minimum absolute atomic E-state index is 0.240. The number of halogens is 2. The van der Waals surface area contributed by atoms with Crippen molar-refractivity contribution in [3.63, 3.8) is 0 Å². The molecular formula is C21H20ClFN4O2S. The molecule has 1 aliphatic heterocycles. The molecule has 3 aromatic rings. The summed E-state index contributed by atoms with van der Waals surface area (Å²) >= 11 is 6.11. The normalized spacial score (nSPS) is 15.4. The third-order valence-electron chi connectivity index (χ3n) is 5.19. The second-order valence-corrected chi connectivity index (χ2v) is 9.34. The van der Waals surface area contributed by atoms with Gasteiger partial charge in [0.1, 0.15) is 18.0 Å². The first-order chi connectivity index (χ1) is 14.4. The molecule has 0 radical (unpaired) electrons. The Balaban J connectivity index is 1.50. The molecule has 0 amide bonds. The minimum Gasteiger partial charge on any atom is -0.354 e. The Morgan fingerprint density at radius 3 is 2.40 bits per heavy atom. The monoisotopic (exact) mass is 446 g/mol. The topological polar surface area (TPSA) is 66.4 Å². The van der Waals surface area contributed by atoms with E-state index < -0.39 is 10.0 Å². The summed E-state index contributed by atoms with van der Waals surface area (Å²) in [5.41, 5.74) is 2.03. The zero-order valence-corrected chi connectivity index (χ0v) is 17.9. The van der Waals surface area contributed by atoms with Crippen molar-refractivity contribution in [1.29, 1.82) is 0 Å². The van der Waals surface area contributed by atoms with Crippen molar-refractivity contribution in [2.24, 2.45) is 0 Å². The van der Waals surface area contributed by atoms with Gasteiger partial charge in [-0.2, -0.15) is 4.31 Å². The van der Waals surface area contributed by atoms with Gasteiger partial charge in [-0.3, -0.25) is 0 Å². The van der Waals surface area contributed by atoms with Crippen LogP contribution in [0.4, 0.5) is 10.2 Å². The van der Waals surface area contributed by atoms with Gasteiger partial charge in [-0.1, -0.05) is 17.7 Å². The molecule has 0 saturated carbocycles. The second-order valence-electron chi connectivity index (χ2n) is 7.02. The molecule has 1 fully saturated rings. The lowest BCUT2D eigenvalue weighted by molar-refractivity contribution is 0.383. The van der Waals surface area contributed by atoms with Gasteiger partial charge in [-0.15, -0.1) is 0 Å². The number of nitrogens with zero attached hydrogens (tertiary/aromatic N) is 4. The van der Waals surface area contributed by atoms with Crippen molar-refractivity contribution in [1.82, 2.24) is 14.3 Å². The first-order valence-electron chi connectivity index (χ1n) is 9.44. The number of rotatable bonds is 4. The van der Waals surface area contributed by atoms with E-state index in [1.807, 2.05) is 11.0 Å². The molecule has 0 N–H and O–H groups in total. The molecule has 9 heteroatoms. The molecule has 1 saturated heterocycles. The average Bonchev–Trinajstić information content (AvgIpc) is 2.76. The molecule has 0 atom stereocenters. The number of aromatic nitrogens is 2. The van der Waals surface area contributed by atoms with Crippen LogP contribution in [0.25, 0.3) is 11.3 Å². The van der Waals surface area contributed by atoms with Crippen LogP contribution in [0.5, 0.6) is 0 Å². The van der Waals surface area contributed by atoms with E-state index in [9.17, 15) is 12.8 Å². The highest BCUT2D eigenvalue weighted by atomic mass is 35.5. The van der Waals surface area contributed by atoms with Crippen molar-refractivity contribution in [2.45, 2.75) is 11.8 Å². The van der Waals surface area contributed by atoms with E-state index in [1.165, 1.54) is 22.8 Å². The summed E-state index contributed by atoms with van der Waals surface area (Å²) in [6.45, 7) is 3.38. The van der Waals surface area contributed by atoms with Gasteiger partial charge in [-0.05, 0) is 48.9 Å². The van der Waals surface area contributed by atoms with Crippen LogP contribution in [0.2, 0.25) is 5.02 Å². The van der Waals surface area contributed by atoms with Crippen LogP contribution in [0, 0.1) is 12.7 Å². The highest BCUT2D eigenvalue weighted by molar-refractivity contribution is 7.89. The number of hydrogen-bond donors (Lipinski definition) is 0. The van der Waals surface area contributed by atoms with Gasteiger partial charge < -0.3 is 4.90 Å². The molecule has 0 aliphatic carbocycles. The predicted octanol–water partition coefficient (Wildman–Crippen LogP) is 3.76. The minimum atomic E-state index is -3.62. The van der Waals surface area contributed by atoms with Crippen LogP contribution < -0.4 is 4.90 Å². The van der Waals surface area contributed by atoms with Gasteiger partial charge in [-0.25, -0.2) is 22.8 Å². The van der Waals surface area contributed by atoms with E-state index in [2.05, 4.69) is 9.97 Å². The van der Waals surface area contributed by atoms with Crippen molar-refractivity contribution >= 4 is 27.4 Å². The standard InChI is InChI=1S/C21H20ClFN4O2S/c1-15-18(22)3-2-4-20(15)30(28,29)27-11-9-26(10-12-27)21-13-19(24-14-25-21)16-5-7-17(23)8-6-16/h2-8,13-14H,9-12H2,1H3. The summed E-state index contributed by atoms with van der Waals surface area (Å²) in [6, 6.07) is 12.9. The molecule has 2 aromatic carbocycles. The molecule has 2 heterocycles. The SMILES string of the molecule is Cc1c(Cl)cccc1S(=O)(=O)N1CCN(c2cc(-c3ccc(F)cc3)ncn2)CC1. The first-order valence-corrected chi connectivity index (χ1v) is 11.3. The predicted molar refractivity (Wildman–Crippen MR) is 115 cm³/mol. The van der Waals surface area contributed by atoms with Crippen LogP contribution in [-0.2, 0) is 10.0 Å². The van der Waals surface area contributed by atoms with Crippen molar-refractivity contribution < 1.29 is 12.8 Å². The third kappa shape index (κ3) is 4.03. The lowest BCUT2D eigenvalue weighted by Crippen LogP contribution is -2.49. The third-order valence-corrected chi connectivity index (χ3v) is 7.64. The molecule has 0 bridgehead atoms. The summed E-state index contributed by atoms with van der Waals surface area (Å²) in [5.74, 6) is 0.403. The van der Waals surface area contributed by atoms with E-state index >= 15 is 0 Å². The van der Waals surface area contributed by atoms with Crippen LogP contribution in [0.3, 0.4) is 0 Å². The van der Waals surface area contributed by atoms with E-state index in [4.69, 9.17) is 11.6 Å². The first kappa shape index (κ1) is 20.7. The fourth-order valence-electron chi connectivity index (χ4n) is 3.46. The summed E-state index contributed by atoms with van der Waals surface area (Å²) in [6.07, 6.45) is 1.46. The van der Waals surface area contributed by atoms with Gasteiger partial charge in [0.2, 0.25) is 10.0 Å². The Bertz CT molecular complexity index is 1160. The van der Waals surface area contributed by atoms with E-state index in [0.29, 0.717) is 48.3 Å². The second kappa shape index (κ2) is 8.29. The van der Waals surface area contributed by atoms with E-state index in [0.717, 1.165) is 5.56 Å². The van der Waals surface area contributed by atoms with Gasteiger partial charge in [0.05, 0.1) is 10.6 Å². The summed E-state index contributed by atoms with van der Waals surface area (Å²) < 4.78 is 40.8. The number of sulfonamides is 1. The van der Waals surface area contributed by atoms with Crippen molar-refractivity contribution in [3.05, 3.63) is 71.3 Å². The summed E-state index contributed by atoms with van der Waals surface area (Å²) in [7, 11) is -3.62. The summed E-state index contributed by atoms with van der Waals surface area (Å²) in [5, 5.41) is 0.434. The highest BCUT2D eigenvalue weighted by Gasteiger charge is 2.30. The Labute approximate surface area is 180 Å². The molecule has 6 nitrogen and oxygen atoms in total. The Kier molecular flexibility index (Phi) is 5.73. The maximum Gasteiger partial charge on any atom is 0.243 e. The molecule has 0 spiro atoms. The molecule has 1 aromatic heterocycles. The van der Waals surface area contributed by atoms with Crippen LogP contribution in [0.1, 0.15) is 5.56 Å². The maximum absolute atomic E-state index is 13.2. The lowest BCUT2D eigenvalue weighted by Gasteiger charge is -2.35. The molecule has 1 aliphatic rings. The van der Waals surface area contributed by atoms with E-state index in [1.54, 1.807) is 37.3 Å². The van der Waals surface area contributed by atoms with Gasteiger partial charge in [0, 0.05) is 42.8 Å². The highest BCUT2D eigenvalue weighted by Crippen LogP contribution is 2.27. The molecule has 156 valence electrons. The Hall–Kier alpha value is -2.55. The number of benzene rings is 2. The smallest absolute Gasteiger partial charge is 0.243 e. The van der Waals surface area contributed by atoms with E-state index in [-0.39, 0.29) is 10.7 Å². The molecular weight excluding hydrogens is 427 g/mol. The molecule has 4 rings (SSSR count). The fourth-order valence-corrected chi connectivity index (χ4v) is 5.36. The van der Waals surface area contributed by atoms with Crippen molar-refractivity contribution in [2.75, 3.05) is 31.1 Å². The number of hydrogen-bond acceptors (Lipinski definition) is 5. The summed E-state index contributed by atoms with van der Waals surface area (Å²) in [4.78, 5) is 10.9. The van der Waals surface area contributed by atoms with Gasteiger partial charge in [0.15, 0.2) is 0 Å². The number of anilines is 1. The van der Waals surface area contributed by atoms with Gasteiger partial charge in [0.25, 0.3) is 0 Å². The zero-order chi connectivity index (χ0) is 21.3. The number of piperazine rings is 1. The maximum atomic E-state index is 13.2. The van der Waals surface area contributed by atoms with Gasteiger partial charge >= 0.3 is 0 Å². The van der Waals surface area contributed by atoms with Crippen LogP contribution >= 0.6 is 11.6 Å². The van der Waals surface area contributed by atoms with Crippen LogP contribution in [-0.4, -0.2) is 48.9 Å². The van der Waals surface area contributed by atoms with Crippen LogP contribution in [0.15, 0.2) is 59.8 Å². The van der Waals surface area contributed by atoms with Crippen molar-refractivity contribution in [3.8, 4) is 11.3 Å².